The van der Waals surface area contributed by atoms with E-state index in [0.29, 0.717) is 25.3 Å². The van der Waals surface area contributed by atoms with Crippen molar-refractivity contribution in [2.24, 2.45) is 7.05 Å². The molecule has 1 heterocycles. The highest BCUT2D eigenvalue weighted by molar-refractivity contribution is 5.55. The summed E-state index contributed by atoms with van der Waals surface area (Å²) in [5.41, 5.74) is 3.66. The van der Waals surface area contributed by atoms with Gasteiger partial charge in [0.1, 0.15) is 17.5 Å². The van der Waals surface area contributed by atoms with Gasteiger partial charge in [-0.15, -0.1) is 0 Å². The molecule has 0 fully saturated rings. The standard InChI is InChI=1S/C16H20N4O/c1-4-21-11-14-8-6-5-7-13(14)10-18-16-15(9-17)12(2)19-20(16)3/h5-8,18H,4,10-11H2,1-3H3. The summed E-state index contributed by atoms with van der Waals surface area (Å²) < 4.78 is 7.19. The molecule has 1 N–H and O–H groups in total. The third-order valence-electron chi connectivity index (χ3n) is 3.36. The maximum Gasteiger partial charge on any atom is 0.142 e. The number of nitrogens with zero attached hydrogens (tertiary/aromatic N) is 3. The van der Waals surface area contributed by atoms with Crippen LogP contribution in [-0.4, -0.2) is 16.4 Å². The molecule has 0 saturated heterocycles. The van der Waals surface area contributed by atoms with E-state index in [4.69, 9.17) is 4.74 Å². The quantitative estimate of drug-likeness (QED) is 0.886. The van der Waals surface area contributed by atoms with E-state index in [2.05, 4.69) is 28.6 Å². The first kappa shape index (κ1) is 15.1. The maximum atomic E-state index is 9.22. The van der Waals surface area contributed by atoms with E-state index in [1.807, 2.05) is 33.0 Å². The summed E-state index contributed by atoms with van der Waals surface area (Å²) >= 11 is 0. The van der Waals surface area contributed by atoms with E-state index in [-0.39, 0.29) is 0 Å². The van der Waals surface area contributed by atoms with Crippen molar-refractivity contribution < 1.29 is 4.74 Å². The van der Waals surface area contributed by atoms with Crippen molar-refractivity contribution in [3.05, 3.63) is 46.6 Å². The second kappa shape index (κ2) is 6.91. The van der Waals surface area contributed by atoms with Gasteiger partial charge in [-0.3, -0.25) is 4.68 Å². The van der Waals surface area contributed by atoms with Crippen LogP contribution in [0.1, 0.15) is 29.3 Å². The SMILES string of the molecule is CCOCc1ccccc1CNc1c(C#N)c(C)nn1C. The molecule has 0 radical (unpaired) electrons. The van der Waals surface area contributed by atoms with Crippen LogP contribution in [0.25, 0.3) is 0 Å². The summed E-state index contributed by atoms with van der Waals surface area (Å²) in [6.07, 6.45) is 0. The van der Waals surface area contributed by atoms with E-state index in [0.717, 1.165) is 22.6 Å². The topological polar surface area (TPSA) is 62.9 Å². The molecule has 0 spiro atoms. The van der Waals surface area contributed by atoms with Crippen molar-refractivity contribution >= 4 is 5.82 Å². The van der Waals surface area contributed by atoms with Crippen LogP contribution in [0.4, 0.5) is 5.82 Å². The molecular formula is C16H20N4O. The molecule has 110 valence electrons. The van der Waals surface area contributed by atoms with Crippen LogP contribution in [0, 0.1) is 18.3 Å². The maximum absolute atomic E-state index is 9.22. The number of anilines is 1. The minimum atomic E-state index is 0.597. The van der Waals surface area contributed by atoms with Gasteiger partial charge in [0, 0.05) is 20.2 Å². The Balaban J connectivity index is 2.16. The molecule has 0 bridgehead atoms. The van der Waals surface area contributed by atoms with Crippen molar-refractivity contribution in [1.82, 2.24) is 9.78 Å². The highest BCUT2D eigenvalue weighted by atomic mass is 16.5. The Morgan fingerprint density at radius 2 is 2.05 bits per heavy atom. The third-order valence-corrected chi connectivity index (χ3v) is 3.36. The summed E-state index contributed by atoms with van der Waals surface area (Å²) in [6, 6.07) is 10.3. The average Bonchev–Trinajstić information content (AvgIpc) is 2.77. The van der Waals surface area contributed by atoms with E-state index in [1.165, 1.54) is 0 Å². The van der Waals surface area contributed by atoms with Crippen molar-refractivity contribution in [3.8, 4) is 6.07 Å². The highest BCUT2D eigenvalue weighted by Crippen LogP contribution is 2.19. The van der Waals surface area contributed by atoms with Crippen LogP contribution in [0.5, 0.6) is 0 Å². The number of aromatic nitrogens is 2. The molecule has 0 amide bonds. The Labute approximate surface area is 125 Å². The minimum Gasteiger partial charge on any atom is -0.377 e. The van der Waals surface area contributed by atoms with E-state index >= 15 is 0 Å². The second-order valence-corrected chi connectivity index (χ2v) is 4.80. The number of hydrogen-bond acceptors (Lipinski definition) is 4. The number of aryl methyl sites for hydroxylation is 2. The Bertz CT molecular complexity index is 655. The van der Waals surface area contributed by atoms with Gasteiger partial charge >= 0.3 is 0 Å². The van der Waals surface area contributed by atoms with Gasteiger partial charge in [-0.2, -0.15) is 10.4 Å². The van der Waals surface area contributed by atoms with Gasteiger partial charge in [0.05, 0.1) is 12.3 Å². The fourth-order valence-electron chi connectivity index (χ4n) is 2.26. The molecule has 2 aromatic rings. The van der Waals surface area contributed by atoms with Crippen molar-refractivity contribution in [3.63, 3.8) is 0 Å². The van der Waals surface area contributed by atoms with Crippen LogP contribution in [0.3, 0.4) is 0 Å². The third kappa shape index (κ3) is 3.41. The summed E-state index contributed by atoms with van der Waals surface area (Å²) in [4.78, 5) is 0. The zero-order chi connectivity index (χ0) is 15.2. The summed E-state index contributed by atoms with van der Waals surface area (Å²) in [5, 5.41) is 16.8. The number of nitriles is 1. The first-order valence-electron chi connectivity index (χ1n) is 6.99. The predicted molar refractivity (Wildman–Crippen MR) is 81.8 cm³/mol. The molecule has 2 rings (SSSR count). The summed E-state index contributed by atoms with van der Waals surface area (Å²) in [6.45, 7) is 5.76. The number of ether oxygens (including phenoxy) is 1. The minimum absolute atomic E-state index is 0.597. The summed E-state index contributed by atoms with van der Waals surface area (Å²) in [5.74, 6) is 0.751. The van der Waals surface area contributed by atoms with Crippen molar-refractivity contribution in [2.75, 3.05) is 11.9 Å². The number of hydrogen-bond donors (Lipinski definition) is 1. The molecular weight excluding hydrogens is 264 g/mol. The van der Waals surface area contributed by atoms with E-state index in [9.17, 15) is 5.26 Å². The molecule has 1 aromatic heterocycles. The Hall–Kier alpha value is -2.32. The van der Waals surface area contributed by atoms with Gasteiger partial charge in [0.2, 0.25) is 0 Å². The smallest absolute Gasteiger partial charge is 0.142 e. The fourth-order valence-corrected chi connectivity index (χ4v) is 2.26. The van der Waals surface area contributed by atoms with Gasteiger partial charge in [0.15, 0.2) is 0 Å². The van der Waals surface area contributed by atoms with Crippen LogP contribution in [0.2, 0.25) is 0 Å². The van der Waals surface area contributed by atoms with Crippen molar-refractivity contribution in [2.45, 2.75) is 27.0 Å². The molecule has 21 heavy (non-hydrogen) atoms. The largest absolute Gasteiger partial charge is 0.377 e. The van der Waals surface area contributed by atoms with Crippen LogP contribution in [0.15, 0.2) is 24.3 Å². The van der Waals surface area contributed by atoms with Gasteiger partial charge in [-0.25, -0.2) is 0 Å². The molecule has 0 aliphatic carbocycles. The first-order chi connectivity index (χ1) is 10.2. The number of rotatable bonds is 6. The molecule has 5 nitrogen and oxygen atoms in total. The molecule has 0 unspecified atom stereocenters. The summed E-state index contributed by atoms with van der Waals surface area (Å²) in [7, 11) is 1.84. The van der Waals surface area contributed by atoms with Gasteiger partial charge in [-0.1, -0.05) is 24.3 Å². The number of nitrogens with one attached hydrogen (secondary N) is 1. The highest BCUT2D eigenvalue weighted by Gasteiger charge is 2.12. The van der Waals surface area contributed by atoms with E-state index < -0.39 is 0 Å². The molecule has 0 aliphatic heterocycles. The lowest BCUT2D eigenvalue weighted by molar-refractivity contribution is 0.133. The Morgan fingerprint density at radius 1 is 1.33 bits per heavy atom. The molecule has 0 aliphatic rings. The second-order valence-electron chi connectivity index (χ2n) is 4.80. The van der Waals surface area contributed by atoms with Crippen molar-refractivity contribution in [1.29, 1.82) is 5.26 Å². The lowest BCUT2D eigenvalue weighted by atomic mass is 10.1. The zero-order valence-electron chi connectivity index (χ0n) is 12.7. The predicted octanol–water partition coefficient (Wildman–Crippen LogP) is 2.75. The molecule has 0 saturated carbocycles. The lowest BCUT2D eigenvalue weighted by Crippen LogP contribution is -2.08. The van der Waals surface area contributed by atoms with Gasteiger partial charge < -0.3 is 10.1 Å². The first-order valence-corrected chi connectivity index (χ1v) is 6.99. The van der Waals surface area contributed by atoms with Crippen LogP contribution < -0.4 is 5.32 Å². The van der Waals surface area contributed by atoms with Gasteiger partial charge in [-0.05, 0) is 25.0 Å². The van der Waals surface area contributed by atoms with Crippen LogP contribution >= 0.6 is 0 Å². The average molecular weight is 284 g/mol. The van der Waals surface area contributed by atoms with Gasteiger partial charge in [0.25, 0.3) is 0 Å². The molecule has 1 aromatic carbocycles. The molecule has 0 atom stereocenters. The molecule has 5 heteroatoms. The lowest BCUT2D eigenvalue weighted by Gasteiger charge is -2.12. The fraction of sp³-hybridized carbons (Fsp3) is 0.375. The number of benzene rings is 1. The monoisotopic (exact) mass is 284 g/mol. The van der Waals surface area contributed by atoms with Crippen LogP contribution in [-0.2, 0) is 24.9 Å². The zero-order valence-corrected chi connectivity index (χ0v) is 12.7. The van der Waals surface area contributed by atoms with E-state index in [1.54, 1.807) is 4.68 Å². The Kier molecular flexibility index (Phi) is 4.96. The normalized spacial score (nSPS) is 10.4. The Morgan fingerprint density at radius 3 is 2.71 bits per heavy atom.